The summed E-state index contributed by atoms with van der Waals surface area (Å²) in [5.74, 6) is 1.63. The Morgan fingerprint density at radius 3 is 2.89 bits per heavy atom. The fourth-order valence-corrected chi connectivity index (χ4v) is 4.47. The van der Waals surface area contributed by atoms with Gasteiger partial charge < -0.3 is 10.2 Å². The van der Waals surface area contributed by atoms with Crippen LogP contribution in [-0.2, 0) is 4.79 Å². The zero-order valence-corrected chi connectivity index (χ0v) is 12.1. The first kappa shape index (κ1) is 12.8. The number of amides is 1. The van der Waals surface area contributed by atoms with E-state index in [9.17, 15) is 4.79 Å². The molecular weight excluding hydrogens is 244 g/mol. The molecule has 2 heterocycles. The first-order valence-electron chi connectivity index (χ1n) is 7.35. The number of thioether (sulfide) groups is 1. The molecule has 2 unspecified atom stereocenters. The van der Waals surface area contributed by atoms with E-state index in [2.05, 4.69) is 28.9 Å². The van der Waals surface area contributed by atoms with Crippen LogP contribution in [0.5, 0.6) is 0 Å². The lowest BCUT2D eigenvalue weighted by Gasteiger charge is -2.37. The van der Waals surface area contributed by atoms with Crippen molar-refractivity contribution in [1.82, 2.24) is 10.2 Å². The monoisotopic (exact) mass is 268 g/mol. The standard InChI is InChI=1S/C14H24N2OS/c1-14(7-3-9-18-14)10-16-8-2-4-12(13(16)17)15-11-5-6-11/h11-12,15H,2-10H2,1H3. The Labute approximate surface area is 114 Å². The molecule has 102 valence electrons. The van der Waals surface area contributed by atoms with Crippen LogP contribution < -0.4 is 5.32 Å². The summed E-state index contributed by atoms with van der Waals surface area (Å²) in [5, 5.41) is 3.51. The fourth-order valence-electron chi connectivity index (χ4n) is 3.15. The Kier molecular flexibility index (Phi) is 3.59. The quantitative estimate of drug-likeness (QED) is 0.846. The molecule has 2 atom stereocenters. The molecule has 0 aromatic heterocycles. The molecule has 0 aromatic carbocycles. The second-order valence-corrected chi connectivity index (χ2v) is 7.98. The Balaban J connectivity index is 1.58. The van der Waals surface area contributed by atoms with Crippen molar-refractivity contribution in [2.24, 2.45) is 0 Å². The van der Waals surface area contributed by atoms with Crippen molar-refractivity contribution in [2.75, 3.05) is 18.8 Å². The van der Waals surface area contributed by atoms with Crippen LogP contribution in [0.25, 0.3) is 0 Å². The second kappa shape index (κ2) is 5.04. The van der Waals surface area contributed by atoms with E-state index in [1.54, 1.807) is 0 Å². The van der Waals surface area contributed by atoms with Crippen molar-refractivity contribution in [3.05, 3.63) is 0 Å². The van der Waals surface area contributed by atoms with Gasteiger partial charge in [0.25, 0.3) is 0 Å². The maximum atomic E-state index is 12.5. The lowest BCUT2D eigenvalue weighted by molar-refractivity contribution is -0.136. The Morgan fingerprint density at radius 2 is 2.22 bits per heavy atom. The van der Waals surface area contributed by atoms with Crippen LogP contribution in [0.3, 0.4) is 0 Å². The zero-order valence-electron chi connectivity index (χ0n) is 11.3. The van der Waals surface area contributed by atoms with E-state index in [0.717, 1.165) is 25.9 Å². The third kappa shape index (κ3) is 2.85. The van der Waals surface area contributed by atoms with Crippen LogP contribution in [0, 0.1) is 0 Å². The minimum Gasteiger partial charge on any atom is -0.340 e. The van der Waals surface area contributed by atoms with Crippen molar-refractivity contribution >= 4 is 17.7 Å². The highest BCUT2D eigenvalue weighted by molar-refractivity contribution is 8.00. The summed E-state index contributed by atoms with van der Waals surface area (Å²) in [5.41, 5.74) is 0. The molecule has 4 heteroatoms. The number of nitrogens with zero attached hydrogens (tertiary/aromatic N) is 1. The number of hydrogen-bond donors (Lipinski definition) is 1. The summed E-state index contributed by atoms with van der Waals surface area (Å²) in [6.07, 6.45) is 7.30. The van der Waals surface area contributed by atoms with Crippen molar-refractivity contribution in [1.29, 1.82) is 0 Å². The van der Waals surface area contributed by atoms with Gasteiger partial charge in [0.05, 0.1) is 6.04 Å². The molecule has 0 spiro atoms. The average molecular weight is 268 g/mol. The number of hydrogen-bond acceptors (Lipinski definition) is 3. The predicted molar refractivity (Wildman–Crippen MR) is 75.9 cm³/mol. The van der Waals surface area contributed by atoms with Gasteiger partial charge in [0, 0.05) is 23.9 Å². The van der Waals surface area contributed by atoms with Crippen molar-refractivity contribution < 1.29 is 4.79 Å². The molecule has 1 N–H and O–H groups in total. The number of carbonyl (C=O) groups is 1. The first-order valence-corrected chi connectivity index (χ1v) is 8.34. The van der Waals surface area contributed by atoms with E-state index in [0.29, 0.717) is 16.7 Å². The highest BCUT2D eigenvalue weighted by atomic mass is 32.2. The van der Waals surface area contributed by atoms with Crippen LogP contribution in [0.2, 0.25) is 0 Å². The van der Waals surface area contributed by atoms with E-state index < -0.39 is 0 Å². The van der Waals surface area contributed by atoms with Crippen LogP contribution in [0.1, 0.15) is 45.4 Å². The number of carbonyl (C=O) groups excluding carboxylic acids is 1. The van der Waals surface area contributed by atoms with E-state index in [1.165, 1.54) is 31.4 Å². The Bertz CT molecular complexity index is 324. The third-order valence-electron chi connectivity index (χ3n) is 4.37. The summed E-state index contributed by atoms with van der Waals surface area (Å²) >= 11 is 2.05. The fraction of sp³-hybridized carbons (Fsp3) is 0.929. The molecule has 1 saturated carbocycles. The van der Waals surface area contributed by atoms with Gasteiger partial charge in [-0.05, 0) is 51.2 Å². The molecule has 2 aliphatic heterocycles. The minimum absolute atomic E-state index is 0.112. The lowest BCUT2D eigenvalue weighted by Crippen LogP contribution is -2.54. The van der Waals surface area contributed by atoms with Gasteiger partial charge in [-0.15, -0.1) is 0 Å². The third-order valence-corrected chi connectivity index (χ3v) is 5.89. The summed E-state index contributed by atoms with van der Waals surface area (Å²) in [6.45, 7) is 4.26. The van der Waals surface area contributed by atoms with Crippen molar-refractivity contribution in [3.63, 3.8) is 0 Å². The molecule has 18 heavy (non-hydrogen) atoms. The molecule has 3 aliphatic rings. The number of piperidine rings is 1. The van der Waals surface area contributed by atoms with Crippen LogP contribution in [0.4, 0.5) is 0 Å². The van der Waals surface area contributed by atoms with Gasteiger partial charge in [-0.3, -0.25) is 4.79 Å². The van der Waals surface area contributed by atoms with Gasteiger partial charge in [-0.25, -0.2) is 0 Å². The largest absolute Gasteiger partial charge is 0.340 e. The molecule has 1 aliphatic carbocycles. The number of nitrogens with one attached hydrogen (secondary N) is 1. The SMILES string of the molecule is CC1(CN2CCCC(NC3CC3)C2=O)CCCS1. The van der Waals surface area contributed by atoms with Gasteiger partial charge in [-0.1, -0.05) is 0 Å². The zero-order chi connectivity index (χ0) is 12.6. The summed E-state index contributed by atoms with van der Waals surface area (Å²) in [6, 6.07) is 0.747. The van der Waals surface area contributed by atoms with Gasteiger partial charge >= 0.3 is 0 Å². The molecule has 0 bridgehead atoms. The summed E-state index contributed by atoms with van der Waals surface area (Å²) in [7, 11) is 0. The van der Waals surface area contributed by atoms with E-state index >= 15 is 0 Å². The summed E-state index contributed by atoms with van der Waals surface area (Å²) < 4.78 is 0.317. The first-order chi connectivity index (χ1) is 8.66. The molecule has 3 nitrogen and oxygen atoms in total. The maximum absolute atomic E-state index is 12.5. The molecular formula is C14H24N2OS. The number of rotatable bonds is 4. The highest BCUT2D eigenvalue weighted by Gasteiger charge is 2.38. The van der Waals surface area contributed by atoms with E-state index in [-0.39, 0.29) is 6.04 Å². The Morgan fingerprint density at radius 1 is 1.39 bits per heavy atom. The predicted octanol–water partition coefficient (Wildman–Crippen LogP) is 2.02. The van der Waals surface area contributed by atoms with Gasteiger partial charge in [0.1, 0.15) is 0 Å². The highest BCUT2D eigenvalue weighted by Crippen LogP contribution is 2.38. The Hall–Kier alpha value is -0.220. The minimum atomic E-state index is 0.112. The topological polar surface area (TPSA) is 32.3 Å². The number of likely N-dealkylation sites (tertiary alicyclic amines) is 1. The molecule has 0 aromatic rings. The smallest absolute Gasteiger partial charge is 0.239 e. The average Bonchev–Trinajstić information content (AvgIpc) is 3.06. The normalized spacial score (nSPS) is 37.3. The van der Waals surface area contributed by atoms with Gasteiger partial charge in [0.15, 0.2) is 0 Å². The molecule has 2 saturated heterocycles. The van der Waals surface area contributed by atoms with Crippen LogP contribution >= 0.6 is 11.8 Å². The van der Waals surface area contributed by atoms with Crippen LogP contribution in [0.15, 0.2) is 0 Å². The second-order valence-electron chi connectivity index (χ2n) is 6.30. The van der Waals surface area contributed by atoms with Gasteiger partial charge in [0.2, 0.25) is 5.91 Å². The van der Waals surface area contributed by atoms with E-state index in [1.807, 2.05) is 0 Å². The molecule has 3 rings (SSSR count). The van der Waals surface area contributed by atoms with Gasteiger partial charge in [-0.2, -0.15) is 11.8 Å². The maximum Gasteiger partial charge on any atom is 0.239 e. The van der Waals surface area contributed by atoms with Crippen molar-refractivity contribution in [3.8, 4) is 0 Å². The molecule has 3 fully saturated rings. The molecule has 1 amide bonds. The van der Waals surface area contributed by atoms with Crippen LogP contribution in [-0.4, -0.2) is 46.5 Å². The lowest BCUT2D eigenvalue weighted by atomic mass is 10.00. The van der Waals surface area contributed by atoms with Crippen molar-refractivity contribution in [2.45, 2.75) is 62.3 Å². The summed E-state index contributed by atoms with van der Waals surface area (Å²) in [4.78, 5) is 14.6. The molecule has 0 radical (unpaired) electrons. The van der Waals surface area contributed by atoms with E-state index in [4.69, 9.17) is 0 Å².